The van der Waals surface area contributed by atoms with Crippen LogP contribution >= 0.6 is 11.6 Å². The van der Waals surface area contributed by atoms with Gasteiger partial charge in [-0.2, -0.15) is 5.26 Å². The van der Waals surface area contributed by atoms with Crippen molar-refractivity contribution in [3.05, 3.63) is 34.6 Å². The summed E-state index contributed by atoms with van der Waals surface area (Å²) in [5.41, 5.74) is 2.58. The number of nitrogens with one attached hydrogen (secondary N) is 1. The van der Waals surface area contributed by atoms with Gasteiger partial charge in [0.25, 0.3) is 0 Å². The molecule has 0 saturated heterocycles. The molecule has 2 rings (SSSR count). The topological polar surface area (TPSA) is 61.7 Å². The van der Waals surface area contributed by atoms with Crippen molar-refractivity contribution >= 4 is 11.6 Å². The second kappa shape index (κ2) is 5.11. The average Bonchev–Trinajstić information content (AvgIpc) is 2.71. The molecular formula is C13H12ClN3O. The summed E-state index contributed by atoms with van der Waals surface area (Å²) < 4.78 is 5.20. The van der Waals surface area contributed by atoms with Gasteiger partial charge in [0.1, 0.15) is 11.6 Å². The fourth-order valence-electron chi connectivity index (χ4n) is 1.75. The van der Waals surface area contributed by atoms with Crippen molar-refractivity contribution in [2.24, 2.45) is 0 Å². The average molecular weight is 262 g/mol. The van der Waals surface area contributed by atoms with Crippen LogP contribution in [0.4, 0.5) is 0 Å². The van der Waals surface area contributed by atoms with Crippen LogP contribution in [0.3, 0.4) is 0 Å². The van der Waals surface area contributed by atoms with Crippen molar-refractivity contribution in [1.29, 1.82) is 5.26 Å². The molecular weight excluding hydrogens is 250 g/mol. The highest BCUT2D eigenvalue weighted by Crippen LogP contribution is 2.26. The van der Waals surface area contributed by atoms with Crippen LogP contribution in [0, 0.1) is 18.3 Å². The number of H-pyrrole nitrogens is 1. The molecule has 0 spiro atoms. The quantitative estimate of drug-likeness (QED) is 0.923. The standard InChI is InChI=1S/C13H12ClN3O/c1-8-7-9(3-4-11(8)18-2)13-16-10(5-6-15)12(14)17-13/h3-4,7H,5H2,1-2H3,(H,16,17). The summed E-state index contributed by atoms with van der Waals surface area (Å²) in [6.45, 7) is 1.96. The minimum Gasteiger partial charge on any atom is -0.496 e. The van der Waals surface area contributed by atoms with Crippen LogP contribution < -0.4 is 4.74 Å². The van der Waals surface area contributed by atoms with Gasteiger partial charge in [-0.15, -0.1) is 0 Å². The number of aryl methyl sites for hydroxylation is 1. The summed E-state index contributed by atoms with van der Waals surface area (Å²) in [5.74, 6) is 1.49. The zero-order valence-electron chi connectivity index (χ0n) is 10.1. The lowest BCUT2D eigenvalue weighted by atomic mass is 10.1. The highest BCUT2D eigenvalue weighted by molar-refractivity contribution is 6.30. The van der Waals surface area contributed by atoms with Gasteiger partial charge in [0, 0.05) is 5.56 Å². The molecule has 0 aliphatic heterocycles. The lowest BCUT2D eigenvalue weighted by Gasteiger charge is -2.05. The molecule has 0 amide bonds. The van der Waals surface area contributed by atoms with Crippen LogP contribution in [0.25, 0.3) is 11.4 Å². The molecule has 0 saturated carbocycles. The molecule has 0 unspecified atom stereocenters. The molecule has 18 heavy (non-hydrogen) atoms. The second-order valence-corrected chi connectivity index (χ2v) is 4.23. The lowest BCUT2D eigenvalue weighted by Crippen LogP contribution is -1.89. The van der Waals surface area contributed by atoms with Crippen LogP contribution in [0.1, 0.15) is 11.3 Å². The Kier molecular flexibility index (Phi) is 3.54. The first-order chi connectivity index (χ1) is 8.65. The van der Waals surface area contributed by atoms with E-state index in [-0.39, 0.29) is 6.42 Å². The fraction of sp³-hybridized carbons (Fsp3) is 0.231. The van der Waals surface area contributed by atoms with Crippen LogP contribution in [0.2, 0.25) is 5.15 Å². The Morgan fingerprint density at radius 1 is 1.50 bits per heavy atom. The molecule has 0 radical (unpaired) electrons. The van der Waals surface area contributed by atoms with E-state index in [0.717, 1.165) is 16.9 Å². The summed E-state index contributed by atoms with van der Waals surface area (Å²) in [7, 11) is 1.64. The molecule has 1 heterocycles. The molecule has 0 aliphatic rings. The second-order valence-electron chi connectivity index (χ2n) is 3.87. The maximum atomic E-state index is 8.66. The monoisotopic (exact) mass is 261 g/mol. The SMILES string of the molecule is COc1ccc(-c2nc(Cl)c(CC#N)[nH]2)cc1C. The molecule has 4 nitrogen and oxygen atoms in total. The number of hydrogen-bond donors (Lipinski definition) is 1. The third-order valence-corrected chi connectivity index (χ3v) is 2.97. The molecule has 5 heteroatoms. The van der Waals surface area contributed by atoms with Gasteiger partial charge in [-0.05, 0) is 30.7 Å². The summed E-state index contributed by atoms with van der Waals surface area (Å²) in [4.78, 5) is 7.27. The zero-order valence-corrected chi connectivity index (χ0v) is 10.9. The first kappa shape index (κ1) is 12.5. The van der Waals surface area contributed by atoms with Gasteiger partial charge in [0.15, 0.2) is 5.15 Å². The number of aromatic amines is 1. The van der Waals surface area contributed by atoms with E-state index >= 15 is 0 Å². The number of benzene rings is 1. The molecule has 2 aromatic rings. The number of hydrogen-bond acceptors (Lipinski definition) is 3. The van der Waals surface area contributed by atoms with E-state index in [1.54, 1.807) is 7.11 Å². The summed E-state index contributed by atoms with van der Waals surface area (Å²) in [6, 6.07) is 7.79. The van der Waals surface area contributed by atoms with Crippen LogP contribution in [0.15, 0.2) is 18.2 Å². The summed E-state index contributed by atoms with van der Waals surface area (Å²) >= 11 is 5.95. The molecule has 1 N–H and O–H groups in total. The Balaban J connectivity index is 2.40. The van der Waals surface area contributed by atoms with Crippen molar-refractivity contribution < 1.29 is 4.74 Å². The molecule has 0 aliphatic carbocycles. The molecule has 1 aromatic heterocycles. The van der Waals surface area contributed by atoms with E-state index in [2.05, 4.69) is 9.97 Å². The van der Waals surface area contributed by atoms with Crippen LogP contribution in [-0.4, -0.2) is 17.1 Å². The van der Waals surface area contributed by atoms with Crippen molar-refractivity contribution in [1.82, 2.24) is 9.97 Å². The Morgan fingerprint density at radius 2 is 2.28 bits per heavy atom. The Labute approximate surface area is 110 Å². The van der Waals surface area contributed by atoms with Crippen molar-refractivity contribution in [2.45, 2.75) is 13.3 Å². The van der Waals surface area contributed by atoms with Gasteiger partial charge >= 0.3 is 0 Å². The van der Waals surface area contributed by atoms with Gasteiger partial charge in [-0.1, -0.05) is 11.6 Å². The van der Waals surface area contributed by atoms with E-state index in [1.807, 2.05) is 31.2 Å². The van der Waals surface area contributed by atoms with Gasteiger partial charge in [0.2, 0.25) is 0 Å². The van der Waals surface area contributed by atoms with Gasteiger partial charge in [0.05, 0.1) is 25.3 Å². The van der Waals surface area contributed by atoms with E-state index < -0.39 is 0 Å². The van der Waals surface area contributed by atoms with Gasteiger partial charge in [-0.3, -0.25) is 0 Å². The zero-order chi connectivity index (χ0) is 13.1. The highest BCUT2D eigenvalue weighted by atomic mass is 35.5. The van der Waals surface area contributed by atoms with Gasteiger partial charge in [-0.25, -0.2) is 4.98 Å². The smallest absolute Gasteiger partial charge is 0.151 e. The molecule has 0 bridgehead atoms. The largest absolute Gasteiger partial charge is 0.496 e. The number of imidazole rings is 1. The Bertz CT molecular complexity index is 613. The maximum Gasteiger partial charge on any atom is 0.151 e. The van der Waals surface area contributed by atoms with E-state index in [1.165, 1.54) is 0 Å². The maximum absolute atomic E-state index is 8.66. The number of methoxy groups -OCH3 is 1. The minimum atomic E-state index is 0.223. The Morgan fingerprint density at radius 3 is 2.89 bits per heavy atom. The van der Waals surface area contributed by atoms with E-state index in [9.17, 15) is 0 Å². The number of rotatable bonds is 3. The number of halogens is 1. The van der Waals surface area contributed by atoms with E-state index in [4.69, 9.17) is 21.6 Å². The normalized spacial score (nSPS) is 10.1. The molecule has 92 valence electrons. The summed E-state index contributed by atoms with van der Waals surface area (Å²) in [5, 5.41) is 9.01. The third kappa shape index (κ3) is 2.31. The predicted octanol–water partition coefficient (Wildman–Crippen LogP) is 3.11. The Hall–Kier alpha value is -1.99. The predicted molar refractivity (Wildman–Crippen MR) is 69.6 cm³/mol. The highest BCUT2D eigenvalue weighted by Gasteiger charge is 2.10. The molecule has 0 atom stereocenters. The summed E-state index contributed by atoms with van der Waals surface area (Å²) in [6.07, 6.45) is 0.223. The number of aromatic nitrogens is 2. The van der Waals surface area contributed by atoms with E-state index in [0.29, 0.717) is 16.7 Å². The minimum absolute atomic E-state index is 0.223. The number of nitriles is 1. The first-order valence-corrected chi connectivity index (χ1v) is 5.80. The third-order valence-electron chi connectivity index (χ3n) is 2.65. The van der Waals surface area contributed by atoms with Crippen LogP contribution in [0.5, 0.6) is 5.75 Å². The number of nitrogens with zero attached hydrogens (tertiary/aromatic N) is 2. The van der Waals surface area contributed by atoms with Crippen LogP contribution in [-0.2, 0) is 6.42 Å². The van der Waals surface area contributed by atoms with Gasteiger partial charge < -0.3 is 9.72 Å². The fourth-order valence-corrected chi connectivity index (χ4v) is 1.95. The van der Waals surface area contributed by atoms with Crippen molar-refractivity contribution in [3.63, 3.8) is 0 Å². The lowest BCUT2D eigenvalue weighted by molar-refractivity contribution is 0.412. The molecule has 1 aromatic carbocycles. The first-order valence-electron chi connectivity index (χ1n) is 5.42. The van der Waals surface area contributed by atoms with Crippen molar-refractivity contribution in [3.8, 4) is 23.2 Å². The molecule has 0 fully saturated rings. The van der Waals surface area contributed by atoms with Crippen molar-refractivity contribution in [2.75, 3.05) is 7.11 Å². The number of ether oxygens (including phenoxy) is 1.